The predicted molar refractivity (Wildman–Crippen MR) is 93.9 cm³/mol. The molecule has 0 amide bonds. The zero-order chi connectivity index (χ0) is 14.2. The van der Waals surface area contributed by atoms with Gasteiger partial charge in [-0.25, -0.2) is 0 Å². The fourth-order valence-corrected chi connectivity index (χ4v) is 4.84. The van der Waals surface area contributed by atoms with Gasteiger partial charge in [0.25, 0.3) is 0 Å². The van der Waals surface area contributed by atoms with Crippen molar-refractivity contribution in [3.63, 3.8) is 0 Å². The summed E-state index contributed by atoms with van der Waals surface area (Å²) in [4.78, 5) is 2.27. The second-order valence-corrected chi connectivity index (χ2v) is 7.87. The molecule has 1 aliphatic rings. The lowest BCUT2D eigenvalue weighted by molar-refractivity contribution is 0.352. The van der Waals surface area contributed by atoms with Crippen LogP contribution in [0.15, 0.2) is 30.3 Å². The summed E-state index contributed by atoms with van der Waals surface area (Å²) in [5.41, 5.74) is 1.42. The van der Waals surface area contributed by atoms with Gasteiger partial charge in [-0.1, -0.05) is 30.3 Å². The number of hydrogen-bond acceptors (Lipinski definition) is 4. The fraction of sp³-hybridized carbons (Fsp3) is 0.625. The number of rotatable bonds is 6. The van der Waals surface area contributed by atoms with Crippen LogP contribution in [0, 0.1) is 0 Å². The lowest BCUT2D eigenvalue weighted by Crippen LogP contribution is -2.37. The molecule has 1 N–H and O–H groups in total. The number of hydrogen-bond donors (Lipinski definition) is 1. The van der Waals surface area contributed by atoms with Crippen molar-refractivity contribution in [1.82, 2.24) is 10.2 Å². The molecule has 0 aliphatic carbocycles. The zero-order valence-electron chi connectivity index (χ0n) is 12.5. The third-order valence-electron chi connectivity index (χ3n) is 3.51. The van der Waals surface area contributed by atoms with E-state index in [1.807, 2.05) is 0 Å². The van der Waals surface area contributed by atoms with Crippen LogP contribution in [0.1, 0.15) is 18.0 Å². The van der Waals surface area contributed by atoms with Crippen LogP contribution in [0.2, 0.25) is 0 Å². The quantitative estimate of drug-likeness (QED) is 0.868. The van der Waals surface area contributed by atoms with E-state index >= 15 is 0 Å². The predicted octanol–water partition coefficient (Wildman–Crippen LogP) is 3.12. The van der Waals surface area contributed by atoms with Gasteiger partial charge in [0.1, 0.15) is 0 Å². The highest BCUT2D eigenvalue weighted by Crippen LogP contribution is 2.22. The molecule has 2 nitrogen and oxygen atoms in total. The van der Waals surface area contributed by atoms with E-state index in [4.69, 9.17) is 0 Å². The highest BCUT2D eigenvalue weighted by Gasteiger charge is 2.18. The Hall–Kier alpha value is -0.160. The maximum absolute atomic E-state index is 3.90. The number of thioether (sulfide) groups is 2. The van der Waals surface area contributed by atoms with Crippen molar-refractivity contribution in [3.8, 4) is 0 Å². The maximum Gasteiger partial charge on any atom is 0.0335 e. The normalized spacial score (nSPS) is 18.9. The van der Waals surface area contributed by atoms with E-state index in [1.165, 1.54) is 35.0 Å². The Morgan fingerprint density at radius 3 is 2.40 bits per heavy atom. The largest absolute Gasteiger partial charge is 0.309 e. The molecular formula is C16H26N2S2. The van der Waals surface area contributed by atoms with Gasteiger partial charge >= 0.3 is 0 Å². The Labute approximate surface area is 132 Å². The van der Waals surface area contributed by atoms with Crippen LogP contribution < -0.4 is 5.32 Å². The second-order valence-electron chi connectivity index (χ2n) is 5.57. The van der Waals surface area contributed by atoms with Gasteiger partial charge in [0, 0.05) is 35.1 Å². The smallest absolute Gasteiger partial charge is 0.0335 e. The Kier molecular flexibility index (Phi) is 7.28. The summed E-state index contributed by atoms with van der Waals surface area (Å²) in [5.74, 6) is 5.10. The number of benzene rings is 1. The highest BCUT2D eigenvalue weighted by molar-refractivity contribution is 8.03. The summed E-state index contributed by atoms with van der Waals surface area (Å²) in [7, 11) is 4.30. The van der Waals surface area contributed by atoms with Crippen LogP contribution >= 0.6 is 23.5 Å². The Balaban J connectivity index is 1.97. The summed E-state index contributed by atoms with van der Waals surface area (Å²) in [6, 6.07) is 12.0. The molecule has 1 atom stereocenters. The first-order valence-corrected chi connectivity index (χ1v) is 9.68. The summed E-state index contributed by atoms with van der Waals surface area (Å²) in [6.45, 7) is 1.12. The van der Waals surface area contributed by atoms with Crippen LogP contribution in [0.5, 0.6) is 0 Å². The van der Waals surface area contributed by atoms with Gasteiger partial charge in [-0.15, -0.1) is 0 Å². The van der Waals surface area contributed by atoms with Crippen molar-refractivity contribution >= 4 is 23.5 Å². The number of nitrogens with zero attached hydrogens (tertiary/aromatic N) is 1. The third kappa shape index (κ3) is 5.68. The standard InChI is InChI=1S/C16H26N2S2/c1-18(2)9-8-16(14-6-4-3-5-7-14)17-15-12-19-10-11-20-13-15/h3-7,15-17H,8-13H2,1-2H3/t16-/m0/s1. The minimum Gasteiger partial charge on any atom is -0.309 e. The molecule has 0 saturated carbocycles. The highest BCUT2D eigenvalue weighted by atomic mass is 32.2. The molecule has 0 radical (unpaired) electrons. The molecule has 0 bridgehead atoms. The van der Waals surface area contributed by atoms with Gasteiger partial charge < -0.3 is 10.2 Å². The molecule has 20 heavy (non-hydrogen) atoms. The molecule has 0 aromatic heterocycles. The lowest BCUT2D eigenvalue weighted by Gasteiger charge is -2.26. The van der Waals surface area contributed by atoms with E-state index in [0.717, 1.165) is 6.54 Å². The van der Waals surface area contributed by atoms with E-state index < -0.39 is 0 Å². The van der Waals surface area contributed by atoms with Crippen molar-refractivity contribution in [1.29, 1.82) is 0 Å². The summed E-state index contributed by atoms with van der Waals surface area (Å²) < 4.78 is 0. The molecule has 1 saturated heterocycles. The average Bonchev–Trinajstić information content (AvgIpc) is 2.72. The van der Waals surface area contributed by atoms with E-state index in [1.54, 1.807) is 0 Å². The van der Waals surface area contributed by atoms with E-state index in [-0.39, 0.29) is 0 Å². The first-order chi connectivity index (χ1) is 9.75. The minimum atomic E-state index is 0.475. The Morgan fingerprint density at radius 1 is 1.15 bits per heavy atom. The van der Waals surface area contributed by atoms with Crippen molar-refractivity contribution in [2.45, 2.75) is 18.5 Å². The van der Waals surface area contributed by atoms with Gasteiger partial charge in [-0.3, -0.25) is 0 Å². The molecule has 1 aromatic carbocycles. The monoisotopic (exact) mass is 310 g/mol. The third-order valence-corrected chi connectivity index (χ3v) is 6.03. The van der Waals surface area contributed by atoms with Crippen molar-refractivity contribution < 1.29 is 0 Å². The molecule has 1 heterocycles. The SMILES string of the molecule is CN(C)CC[C@H](NC1CSCCSC1)c1ccccc1. The molecule has 1 aliphatic heterocycles. The van der Waals surface area contributed by atoms with Crippen LogP contribution in [0.25, 0.3) is 0 Å². The topological polar surface area (TPSA) is 15.3 Å². The van der Waals surface area contributed by atoms with Crippen LogP contribution in [-0.2, 0) is 0 Å². The lowest BCUT2D eigenvalue weighted by atomic mass is 10.0. The number of nitrogens with one attached hydrogen (secondary N) is 1. The van der Waals surface area contributed by atoms with Gasteiger partial charge in [-0.05, 0) is 32.6 Å². The fourth-order valence-electron chi connectivity index (χ4n) is 2.42. The van der Waals surface area contributed by atoms with Gasteiger partial charge in [-0.2, -0.15) is 23.5 Å². The summed E-state index contributed by atoms with van der Waals surface area (Å²) >= 11 is 4.18. The Bertz CT molecular complexity index is 362. The van der Waals surface area contributed by atoms with Gasteiger partial charge in [0.05, 0.1) is 0 Å². The maximum atomic E-state index is 3.90. The second kappa shape index (κ2) is 8.98. The molecule has 0 spiro atoms. The minimum absolute atomic E-state index is 0.475. The van der Waals surface area contributed by atoms with E-state index in [9.17, 15) is 0 Å². The van der Waals surface area contributed by atoms with Crippen LogP contribution in [0.3, 0.4) is 0 Å². The first-order valence-electron chi connectivity index (χ1n) is 7.37. The van der Waals surface area contributed by atoms with Crippen molar-refractivity contribution in [2.24, 2.45) is 0 Å². The molecule has 2 rings (SSSR count). The average molecular weight is 311 g/mol. The summed E-state index contributed by atoms with van der Waals surface area (Å²) in [6.07, 6.45) is 1.17. The van der Waals surface area contributed by atoms with E-state index in [2.05, 4.69) is 78.2 Å². The first kappa shape index (κ1) is 16.2. The molecule has 112 valence electrons. The van der Waals surface area contributed by atoms with Gasteiger partial charge in [0.15, 0.2) is 0 Å². The molecule has 0 unspecified atom stereocenters. The van der Waals surface area contributed by atoms with Crippen molar-refractivity contribution in [2.75, 3.05) is 43.7 Å². The molecule has 1 fully saturated rings. The van der Waals surface area contributed by atoms with Crippen LogP contribution in [0.4, 0.5) is 0 Å². The molecular weight excluding hydrogens is 284 g/mol. The summed E-state index contributed by atoms with van der Waals surface area (Å²) in [5, 5.41) is 3.90. The van der Waals surface area contributed by atoms with Crippen molar-refractivity contribution in [3.05, 3.63) is 35.9 Å². The molecule has 1 aromatic rings. The molecule has 4 heteroatoms. The zero-order valence-corrected chi connectivity index (χ0v) is 14.2. The Morgan fingerprint density at radius 2 is 1.80 bits per heavy atom. The van der Waals surface area contributed by atoms with Crippen LogP contribution in [-0.4, -0.2) is 54.6 Å². The van der Waals surface area contributed by atoms with E-state index in [0.29, 0.717) is 12.1 Å². The van der Waals surface area contributed by atoms with Gasteiger partial charge in [0.2, 0.25) is 0 Å².